The smallest absolute Gasteiger partial charge is 0.422 e. The van der Waals surface area contributed by atoms with Crippen LogP contribution in [0.25, 0.3) is 11.1 Å². The highest BCUT2D eigenvalue weighted by molar-refractivity contribution is 5.94. The number of aromatic nitrogens is 1. The molecule has 1 N–H and O–H groups in total. The summed E-state index contributed by atoms with van der Waals surface area (Å²) in [6.45, 7) is 0.145. The average molecular weight is 380 g/mol. The quantitative estimate of drug-likeness (QED) is 0.732. The van der Waals surface area contributed by atoms with Crippen LogP contribution in [0.4, 0.5) is 18.9 Å². The molecule has 142 valence electrons. The minimum atomic E-state index is -4.43. The fraction of sp³-hybridized carbons (Fsp3) is 0.222. The predicted molar refractivity (Wildman–Crippen MR) is 91.8 cm³/mol. The van der Waals surface area contributed by atoms with Gasteiger partial charge in [-0.05, 0) is 43.3 Å². The number of amides is 1. The lowest BCUT2D eigenvalue weighted by molar-refractivity contribution is -0.153. The molecule has 0 fully saturated rings. The van der Waals surface area contributed by atoms with Gasteiger partial charge in [0.1, 0.15) is 11.8 Å². The first-order valence-electron chi connectivity index (χ1n) is 7.95. The Balaban J connectivity index is 1.71. The second-order valence-electron chi connectivity index (χ2n) is 5.80. The Hall–Kier alpha value is -3.23. The first kappa shape index (κ1) is 18.6. The van der Waals surface area contributed by atoms with Crippen molar-refractivity contribution in [2.45, 2.75) is 19.1 Å². The molecule has 0 saturated heterocycles. The zero-order valence-corrected chi connectivity index (χ0v) is 14.1. The number of hydrogen-bond acceptors (Lipinski definition) is 4. The molecule has 6 nitrogen and oxygen atoms in total. The summed E-state index contributed by atoms with van der Waals surface area (Å²) < 4.78 is 47.4. The maximum absolute atomic E-state index is 12.5. The molecular weight excluding hydrogens is 365 g/mol. The summed E-state index contributed by atoms with van der Waals surface area (Å²) in [5.74, 6) is -1.11. The van der Waals surface area contributed by atoms with Gasteiger partial charge in [0.05, 0.1) is 5.52 Å². The Morgan fingerprint density at radius 3 is 2.52 bits per heavy atom. The van der Waals surface area contributed by atoms with Crippen LogP contribution in [-0.4, -0.2) is 23.3 Å². The summed E-state index contributed by atoms with van der Waals surface area (Å²) in [6.07, 6.45) is -4.43. The van der Waals surface area contributed by atoms with Gasteiger partial charge in [-0.25, -0.2) is 4.79 Å². The minimum absolute atomic E-state index is 0.0235. The maximum Gasteiger partial charge on any atom is 0.422 e. The maximum atomic E-state index is 12.5. The van der Waals surface area contributed by atoms with Crippen molar-refractivity contribution in [2.75, 3.05) is 11.9 Å². The number of ether oxygens (including phenoxy) is 1. The number of para-hydroxylation sites is 2. The Kier molecular flexibility index (Phi) is 4.93. The third-order valence-corrected chi connectivity index (χ3v) is 3.81. The van der Waals surface area contributed by atoms with Crippen LogP contribution in [0.1, 0.15) is 13.0 Å². The van der Waals surface area contributed by atoms with Crippen molar-refractivity contribution in [1.29, 1.82) is 0 Å². The van der Waals surface area contributed by atoms with Gasteiger partial charge in [-0.1, -0.05) is 12.1 Å². The molecule has 0 saturated carbocycles. The summed E-state index contributed by atoms with van der Waals surface area (Å²) >= 11 is 0. The van der Waals surface area contributed by atoms with Crippen LogP contribution >= 0.6 is 0 Å². The minimum Gasteiger partial charge on any atom is -0.484 e. The molecule has 3 aromatic rings. The zero-order chi connectivity index (χ0) is 19.6. The Morgan fingerprint density at radius 1 is 1.19 bits per heavy atom. The molecule has 1 atom stereocenters. The van der Waals surface area contributed by atoms with Crippen LogP contribution in [0, 0.1) is 0 Å². The number of fused-ring (bicyclic) bond motifs is 1. The lowest BCUT2D eigenvalue weighted by Gasteiger charge is -2.14. The van der Waals surface area contributed by atoms with Crippen LogP contribution in [0.2, 0.25) is 0 Å². The van der Waals surface area contributed by atoms with E-state index in [-0.39, 0.29) is 5.75 Å². The number of benzene rings is 2. The van der Waals surface area contributed by atoms with E-state index in [1.165, 1.54) is 28.8 Å². The third-order valence-electron chi connectivity index (χ3n) is 3.81. The van der Waals surface area contributed by atoms with Gasteiger partial charge in [0.15, 0.2) is 12.2 Å². The second-order valence-corrected chi connectivity index (χ2v) is 5.80. The molecule has 3 rings (SSSR count). The SMILES string of the molecule is CC(C(=O)Nc1ccc(OCC(F)(F)F)cc1)n1c(=O)oc2ccccc21. The first-order valence-corrected chi connectivity index (χ1v) is 7.95. The van der Waals surface area contributed by atoms with E-state index in [9.17, 15) is 22.8 Å². The number of anilines is 1. The summed E-state index contributed by atoms with van der Waals surface area (Å²) in [6, 6.07) is 11.3. The van der Waals surface area contributed by atoms with E-state index >= 15 is 0 Å². The number of halogens is 3. The van der Waals surface area contributed by atoms with Gasteiger partial charge in [-0.3, -0.25) is 9.36 Å². The predicted octanol–water partition coefficient (Wildman–Crippen LogP) is 3.74. The van der Waals surface area contributed by atoms with Crippen LogP contribution in [-0.2, 0) is 4.79 Å². The van der Waals surface area contributed by atoms with Crippen LogP contribution in [0.3, 0.4) is 0 Å². The topological polar surface area (TPSA) is 73.5 Å². The highest BCUT2D eigenvalue weighted by Crippen LogP contribution is 2.22. The van der Waals surface area contributed by atoms with E-state index in [0.717, 1.165) is 0 Å². The lowest BCUT2D eigenvalue weighted by Crippen LogP contribution is -2.29. The van der Waals surface area contributed by atoms with Crippen molar-refractivity contribution in [2.24, 2.45) is 0 Å². The molecule has 2 aromatic carbocycles. The number of carbonyl (C=O) groups excluding carboxylic acids is 1. The van der Waals surface area contributed by atoms with Gasteiger partial charge in [0.2, 0.25) is 5.91 Å². The van der Waals surface area contributed by atoms with Crippen molar-refractivity contribution in [3.63, 3.8) is 0 Å². The number of rotatable bonds is 5. The van der Waals surface area contributed by atoms with Gasteiger partial charge in [-0.2, -0.15) is 13.2 Å². The van der Waals surface area contributed by atoms with Gasteiger partial charge >= 0.3 is 11.9 Å². The van der Waals surface area contributed by atoms with Crippen molar-refractivity contribution >= 4 is 22.7 Å². The summed E-state index contributed by atoms with van der Waals surface area (Å²) in [5, 5.41) is 2.60. The Bertz CT molecular complexity index is 1010. The normalized spacial score (nSPS) is 12.7. The summed E-state index contributed by atoms with van der Waals surface area (Å²) in [7, 11) is 0. The molecule has 1 heterocycles. The lowest BCUT2D eigenvalue weighted by atomic mass is 10.2. The van der Waals surface area contributed by atoms with Crippen molar-refractivity contribution in [3.8, 4) is 5.75 Å². The van der Waals surface area contributed by atoms with Crippen LogP contribution < -0.4 is 15.8 Å². The fourth-order valence-electron chi connectivity index (χ4n) is 2.51. The summed E-state index contributed by atoms with van der Waals surface area (Å²) in [5.41, 5.74) is 1.21. The van der Waals surface area contributed by atoms with E-state index in [2.05, 4.69) is 10.1 Å². The summed E-state index contributed by atoms with van der Waals surface area (Å²) in [4.78, 5) is 24.5. The number of nitrogens with zero attached hydrogens (tertiary/aromatic N) is 1. The number of alkyl halides is 3. The molecule has 0 bridgehead atoms. The Labute approximate surface area is 151 Å². The van der Waals surface area contributed by atoms with E-state index in [1.54, 1.807) is 31.2 Å². The molecule has 9 heteroatoms. The first-order chi connectivity index (χ1) is 12.7. The van der Waals surface area contributed by atoms with Crippen molar-refractivity contribution < 1.29 is 27.1 Å². The molecule has 1 unspecified atom stereocenters. The largest absolute Gasteiger partial charge is 0.484 e. The van der Waals surface area contributed by atoms with Gasteiger partial charge in [-0.15, -0.1) is 0 Å². The highest BCUT2D eigenvalue weighted by Gasteiger charge is 2.28. The van der Waals surface area contributed by atoms with E-state index in [0.29, 0.717) is 16.8 Å². The molecular formula is C18H15F3N2O4. The highest BCUT2D eigenvalue weighted by atomic mass is 19.4. The Morgan fingerprint density at radius 2 is 1.85 bits per heavy atom. The van der Waals surface area contributed by atoms with E-state index in [1.807, 2.05) is 0 Å². The number of oxazole rings is 1. The van der Waals surface area contributed by atoms with Gasteiger partial charge in [0.25, 0.3) is 0 Å². The molecule has 0 aliphatic heterocycles. The number of carbonyl (C=O) groups is 1. The standard InChI is InChI=1S/C18H15F3N2O4/c1-11(23-14-4-2-3-5-15(14)27-17(23)25)16(24)22-12-6-8-13(9-7-12)26-10-18(19,20)21/h2-9,11H,10H2,1H3,(H,22,24). The molecule has 0 aliphatic rings. The number of nitrogens with one attached hydrogen (secondary N) is 1. The number of hydrogen-bond donors (Lipinski definition) is 1. The third kappa shape index (κ3) is 4.30. The van der Waals surface area contributed by atoms with Crippen molar-refractivity contribution in [3.05, 3.63) is 59.1 Å². The molecule has 1 aromatic heterocycles. The van der Waals surface area contributed by atoms with Crippen LogP contribution in [0.15, 0.2) is 57.7 Å². The van der Waals surface area contributed by atoms with E-state index in [4.69, 9.17) is 4.42 Å². The monoisotopic (exact) mass is 380 g/mol. The molecule has 0 radical (unpaired) electrons. The van der Waals surface area contributed by atoms with Crippen molar-refractivity contribution in [1.82, 2.24) is 4.57 Å². The fourth-order valence-corrected chi connectivity index (χ4v) is 2.51. The molecule has 0 spiro atoms. The molecule has 0 aliphatic carbocycles. The van der Waals surface area contributed by atoms with Gasteiger partial charge in [0, 0.05) is 5.69 Å². The van der Waals surface area contributed by atoms with Gasteiger partial charge < -0.3 is 14.5 Å². The van der Waals surface area contributed by atoms with Crippen LogP contribution in [0.5, 0.6) is 5.75 Å². The molecule has 27 heavy (non-hydrogen) atoms. The van der Waals surface area contributed by atoms with E-state index < -0.39 is 30.5 Å². The average Bonchev–Trinajstić information content (AvgIpc) is 2.95. The molecule has 1 amide bonds. The second kappa shape index (κ2) is 7.18. The zero-order valence-electron chi connectivity index (χ0n) is 14.1.